The molecule has 0 saturated carbocycles. The number of rotatable bonds is 3. The Morgan fingerprint density at radius 1 is 1.43 bits per heavy atom. The molecule has 1 heteroatoms. The molecule has 0 radical (unpaired) electrons. The molecular formula is C13H26S. The Bertz CT molecular complexity index is 143. The van der Waals surface area contributed by atoms with Gasteiger partial charge in [0.1, 0.15) is 0 Å². The van der Waals surface area contributed by atoms with Crippen LogP contribution in [0.4, 0.5) is 0 Å². The van der Waals surface area contributed by atoms with Gasteiger partial charge in [-0.1, -0.05) is 38.8 Å². The summed E-state index contributed by atoms with van der Waals surface area (Å²) in [5, 5.41) is 0. The van der Waals surface area contributed by atoms with Crippen LogP contribution < -0.4 is 0 Å². The van der Waals surface area contributed by atoms with Gasteiger partial charge < -0.3 is 0 Å². The van der Waals surface area contributed by atoms with Crippen LogP contribution in [0.15, 0.2) is 11.6 Å². The summed E-state index contributed by atoms with van der Waals surface area (Å²) in [7, 11) is 0. The first-order valence-electron chi connectivity index (χ1n) is 6.11. The summed E-state index contributed by atoms with van der Waals surface area (Å²) in [5.74, 6) is 3.67. The van der Waals surface area contributed by atoms with Gasteiger partial charge in [-0.25, -0.2) is 0 Å². The maximum Gasteiger partial charge on any atom is -0.000178 e. The van der Waals surface area contributed by atoms with Gasteiger partial charge in [0.25, 0.3) is 0 Å². The van der Waals surface area contributed by atoms with E-state index >= 15 is 0 Å². The number of allylic oxidation sites excluding steroid dienone is 2. The Kier molecular flexibility index (Phi) is 9.70. The summed E-state index contributed by atoms with van der Waals surface area (Å²) >= 11 is 2.13. The molecule has 0 nitrogen and oxygen atoms in total. The minimum Gasteiger partial charge on any atom is -0.161 e. The Balaban J connectivity index is 0.000000791. The van der Waals surface area contributed by atoms with Crippen LogP contribution in [-0.4, -0.2) is 11.5 Å². The fourth-order valence-electron chi connectivity index (χ4n) is 1.91. The molecule has 0 aromatic heterocycles. The number of hydrogen-bond acceptors (Lipinski definition) is 1. The van der Waals surface area contributed by atoms with E-state index in [0.29, 0.717) is 0 Å². The molecule has 0 N–H and O–H groups in total. The molecule has 0 aromatic rings. The lowest BCUT2D eigenvalue weighted by molar-refractivity contribution is 0.572. The Hall–Kier alpha value is 0.0900. The van der Waals surface area contributed by atoms with Crippen molar-refractivity contribution in [2.75, 3.05) is 11.5 Å². The lowest BCUT2D eigenvalue weighted by Gasteiger charge is -2.23. The van der Waals surface area contributed by atoms with Crippen molar-refractivity contribution in [1.29, 1.82) is 0 Å². The van der Waals surface area contributed by atoms with Crippen LogP contribution in [0.1, 0.15) is 53.4 Å². The molecule has 1 saturated heterocycles. The van der Waals surface area contributed by atoms with Gasteiger partial charge in [-0.3, -0.25) is 0 Å². The van der Waals surface area contributed by atoms with Crippen LogP contribution in [0.3, 0.4) is 0 Å². The SMILES string of the molecule is C/C=C(\CCC)C1CCCSC1.CC. The van der Waals surface area contributed by atoms with Crippen molar-refractivity contribution in [1.82, 2.24) is 0 Å². The lowest BCUT2D eigenvalue weighted by Crippen LogP contribution is -2.12. The predicted octanol–water partition coefficient (Wildman–Crippen LogP) is 4.90. The van der Waals surface area contributed by atoms with Crippen molar-refractivity contribution in [3.05, 3.63) is 11.6 Å². The summed E-state index contributed by atoms with van der Waals surface area (Å²) < 4.78 is 0. The average Bonchev–Trinajstić information content (AvgIpc) is 2.30. The average molecular weight is 214 g/mol. The van der Waals surface area contributed by atoms with Gasteiger partial charge in [0.15, 0.2) is 0 Å². The first-order chi connectivity index (χ1) is 6.88. The van der Waals surface area contributed by atoms with E-state index < -0.39 is 0 Å². The van der Waals surface area contributed by atoms with E-state index in [4.69, 9.17) is 0 Å². The van der Waals surface area contributed by atoms with Crippen molar-refractivity contribution in [3.8, 4) is 0 Å². The molecular weight excluding hydrogens is 188 g/mol. The highest BCUT2D eigenvalue weighted by Crippen LogP contribution is 2.30. The largest absolute Gasteiger partial charge is 0.161 e. The van der Waals surface area contributed by atoms with E-state index in [1.165, 1.54) is 37.2 Å². The highest BCUT2D eigenvalue weighted by atomic mass is 32.2. The zero-order valence-corrected chi connectivity index (χ0v) is 11.1. The van der Waals surface area contributed by atoms with Crippen molar-refractivity contribution in [2.45, 2.75) is 53.4 Å². The first kappa shape index (κ1) is 14.1. The Morgan fingerprint density at radius 3 is 2.57 bits per heavy atom. The van der Waals surface area contributed by atoms with E-state index in [1.54, 1.807) is 5.57 Å². The van der Waals surface area contributed by atoms with Gasteiger partial charge in [0.05, 0.1) is 0 Å². The van der Waals surface area contributed by atoms with Crippen LogP contribution in [-0.2, 0) is 0 Å². The van der Waals surface area contributed by atoms with E-state index in [0.717, 1.165) is 5.92 Å². The molecule has 1 aliphatic rings. The molecule has 14 heavy (non-hydrogen) atoms. The summed E-state index contributed by atoms with van der Waals surface area (Å²) in [5.41, 5.74) is 1.71. The monoisotopic (exact) mass is 214 g/mol. The normalized spacial score (nSPS) is 22.6. The van der Waals surface area contributed by atoms with Crippen molar-refractivity contribution in [3.63, 3.8) is 0 Å². The van der Waals surface area contributed by atoms with Crippen LogP contribution in [0.5, 0.6) is 0 Å². The molecule has 1 rings (SSSR count). The minimum atomic E-state index is 0.911. The zero-order chi connectivity index (χ0) is 10.8. The number of thioether (sulfide) groups is 1. The highest BCUT2D eigenvalue weighted by molar-refractivity contribution is 7.99. The van der Waals surface area contributed by atoms with Gasteiger partial charge in [-0.05, 0) is 43.6 Å². The topological polar surface area (TPSA) is 0 Å². The molecule has 1 fully saturated rings. The summed E-state index contributed by atoms with van der Waals surface area (Å²) in [6.45, 7) is 8.48. The van der Waals surface area contributed by atoms with Gasteiger partial charge in [-0.2, -0.15) is 11.8 Å². The first-order valence-corrected chi connectivity index (χ1v) is 7.26. The van der Waals surface area contributed by atoms with Gasteiger partial charge in [0, 0.05) is 0 Å². The van der Waals surface area contributed by atoms with Crippen LogP contribution >= 0.6 is 11.8 Å². The van der Waals surface area contributed by atoms with E-state index in [1.807, 2.05) is 13.8 Å². The van der Waals surface area contributed by atoms with Crippen LogP contribution in [0.25, 0.3) is 0 Å². The van der Waals surface area contributed by atoms with Crippen molar-refractivity contribution >= 4 is 11.8 Å². The van der Waals surface area contributed by atoms with Gasteiger partial charge >= 0.3 is 0 Å². The van der Waals surface area contributed by atoms with E-state index in [2.05, 4.69) is 31.7 Å². The quantitative estimate of drug-likeness (QED) is 0.602. The Morgan fingerprint density at radius 2 is 2.14 bits per heavy atom. The summed E-state index contributed by atoms with van der Waals surface area (Å²) in [6.07, 6.45) is 7.84. The molecule has 0 bridgehead atoms. The van der Waals surface area contributed by atoms with E-state index in [-0.39, 0.29) is 0 Å². The second-order valence-corrected chi connectivity index (χ2v) is 4.68. The lowest BCUT2D eigenvalue weighted by atomic mass is 9.92. The summed E-state index contributed by atoms with van der Waals surface area (Å²) in [6, 6.07) is 0. The van der Waals surface area contributed by atoms with Gasteiger partial charge in [-0.15, -0.1) is 0 Å². The van der Waals surface area contributed by atoms with Crippen LogP contribution in [0.2, 0.25) is 0 Å². The third kappa shape index (κ3) is 5.09. The molecule has 0 aromatic carbocycles. The fourth-order valence-corrected chi connectivity index (χ4v) is 3.11. The summed E-state index contributed by atoms with van der Waals surface area (Å²) in [4.78, 5) is 0. The van der Waals surface area contributed by atoms with Crippen molar-refractivity contribution < 1.29 is 0 Å². The third-order valence-corrected chi connectivity index (χ3v) is 3.81. The molecule has 1 atom stereocenters. The fraction of sp³-hybridized carbons (Fsp3) is 0.846. The molecule has 0 spiro atoms. The third-order valence-electron chi connectivity index (χ3n) is 2.59. The molecule has 0 aliphatic carbocycles. The molecule has 84 valence electrons. The number of hydrogen-bond donors (Lipinski definition) is 0. The molecule has 1 aliphatic heterocycles. The molecule has 1 heterocycles. The second kappa shape index (κ2) is 9.64. The zero-order valence-electron chi connectivity index (χ0n) is 10.3. The Labute approximate surface area is 94.6 Å². The maximum absolute atomic E-state index is 2.35. The van der Waals surface area contributed by atoms with Crippen LogP contribution in [0, 0.1) is 5.92 Å². The smallest absolute Gasteiger partial charge is 0.000178 e. The highest BCUT2D eigenvalue weighted by Gasteiger charge is 2.16. The molecule has 1 unspecified atom stereocenters. The minimum absolute atomic E-state index is 0.911. The van der Waals surface area contributed by atoms with E-state index in [9.17, 15) is 0 Å². The molecule has 0 amide bonds. The standard InChI is InChI=1S/C11H20S.C2H6/c1-3-6-10(4-2)11-7-5-8-12-9-11;1-2/h4,11H,3,5-9H2,1-2H3;1-2H3/b10-4+;. The predicted molar refractivity (Wildman–Crippen MR) is 70.1 cm³/mol. The van der Waals surface area contributed by atoms with Crippen molar-refractivity contribution in [2.24, 2.45) is 5.92 Å². The second-order valence-electron chi connectivity index (χ2n) is 3.53. The van der Waals surface area contributed by atoms with Gasteiger partial charge in [0.2, 0.25) is 0 Å². The maximum atomic E-state index is 2.35.